The third-order valence-corrected chi connectivity index (χ3v) is 5.27. The van der Waals surface area contributed by atoms with E-state index in [4.69, 9.17) is 4.74 Å². The van der Waals surface area contributed by atoms with Crippen molar-refractivity contribution < 1.29 is 9.53 Å². The highest BCUT2D eigenvalue weighted by Gasteiger charge is 2.34. The van der Waals surface area contributed by atoms with Gasteiger partial charge in [-0.3, -0.25) is 4.79 Å². The number of ether oxygens (including phenoxy) is 1. The van der Waals surface area contributed by atoms with Crippen molar-refractivity contribution in [2.45, 2.75) is 53.1 Å². The number of carbonyl (C=O) groups excluding carboxylic acids is 1. The molecule has 2 heteroatoms. The van der Waals surface area contributed by atoms with E-state index in [1.54, 1.807) is 0 Å². The third kappa shape index (κ3) is 2.86. The Balaban J connectivity index is 1.89. The second-order valence-electron chi connectivity index (χ2n) is 7.84. The molecule has 3 rings (SSSR count). The highest BCUT2D eigenvalue weighted by Crippen LogP contribution is 2.39. The van der Waals surface area contributed by atoms with Crippen LogP contribution in [-0.2, 0) is 21.6 Å². The molecule has 2 aromatic carbocycles. The number of hydrogen-bond donors (Lipinski definition) is 0. The van der Waals surface area contributed by atoms with E-state index < -0.39 is 11.0 Å². The van der Waals surface area contributed by atoms with Crippen LogP contribution in [0, 0.1) is 5.41 Å². The molecule has 0 spiro atoms. The van der Waals surface area contributed by atoms with Gasteiger partial charge in [0.2, 0.25) is 0 Å². The number of hydrogen-bond acceptors (Lipinski definition) is 2. The molecule has 0 heterocycles. The fourth-order valence-corrected chi connectivity index (χ4v) is 3.09. The zero-order valence-electron chi connectivity index (χ0n) is 15.3. The van der Waals surface area contributed by atoms with E-state index in [-0.39, 0.29) is 5.97 Å². The van der Waals surface area contributed by atoms with Crippen molar-refractivity contribution >= 4 is 5.97 Å². The summed E-state index contributed by atoms with van der Waals surface area (Å²) in [5.74, 6) is -0.140. The number of carbonyl (C=O) groups is 1. The van der Waals surface area contributed by atoms with Crippen molar-refractivity contribution in [2.24, 2.45) is 5.41 Å². The van der Waals surface area contributed by atoms with Crippen molar-refractivity contribution in [1.82, 2.24) is 0 Å². The zero-order valence-corrected chi connectivity index (χ0v) is 15.3. The normalized spacial score (nSPS) is 13.4. The Hall–Kier alpha value is -2.09. The summed E-state index contributed by atoms with van der Waals surface area (Å²) in [6.45, 7) is 9.83. The molecule has 1 aliphatic carbocycles. The Morgan fingerprint density at radius 2 is 1.67 bits per heavy atom. The van der Waals surface area contributed by atoms with Gasteiger partial charge in [0, 0.05) is 0 Å². The zero-order chi connectivity index (χ0) is 17.5. The predicted molar refractivity (Wildman–Crippen MR) is 97.9 cm³/mol. The van der Waals surface area contributed by atoms with Gasteiger partial charge in [0.05, 0.1) is 5.41 Å². The number of rotatable bonds is 4. The number of benzene rings is 2. The molecule has 0 fully saturated rings. The molecule has 0 saturated carbocycles. The lowest BCUT2D eigenvalue weighted by atomic mass is 9.89. The lowest BCUT2D eigenvalue weighted by Gasteiger charge is -2.31. The molecular formula is C22H26O2. The van der Waals surface area contributed by atoms with E-state index in [1.165, 1.54) is 22.3 Å². The van der Waals surface area contributed by atoms with Crippen LogP contribution in [0.5, 0.6) is 0 Å². The quantitative estimate of drug-likeness (QED) is 0.595. The monoisotopic (exact) mass is 322 g/mol. The maximum Gasteiger partial charge on any atom is 0.312 e. The second kappa shape index (κ2) is 5.77. The van der Waals surface area contributed by atoms with Crippen LogP contribution in [0.25, 0.3) is 11.1 Å². The Kier molecular flexibility index (Phi) is 4.03. The van der Waals surface area contributed by atoms with E-state index in [2.05, 4.69) is 42.5 Å². The SMILES string of the molecule is CCC(C)(C)C(=O)OC(C)(C)c1ccc2c(c1)Cc1ccccc1-2. The highest BCUT2D eigenvalue weighted by atomic mass is 16.6. The fourth-order valence-electron chi connectivity index (χ4n) is 3.09. The summed E-state index contributed by atoms with van der Waals surface area (Å²) in [7, 11) is 0. The van der Waals surface area contributed by atoms with Crippen LogP contribution in [-0.4, -0.2) is 5.97 Å². The summed E-state index contributed by atoms with van der Waals surface area (Å²) in [4.78, 5) is 12.5. The van der Waals surface area contributed by atoms with Crippen molar-refractivity contribution in [3.8, 4) is 11.1 Å². The van der Waals surface area contributed by atoms with Gasteiger partial charge in [-0.1, -0.05) is 49.4 Å². The molecule has 0 N–H and O–H groups in total. The van der Waals surface area contributed by atoms with E-state index >= 15 is 0 Å². The average Bonchev–Trinajstić information content (AvgIpc) is 2.92. The lowest BCUT2D eigenvalue weighted by Crippen LogP contribution is -2.34. The molecule has 0 aromatic heterocycles. The van der Waals surface area contributed by atoms with Gasteiger partial charge in [-0.2, -0.15) is 0 Å². The minimum Gasteiger partial charge on any atom is -0.454 e. The number of esters is 1. The summed E-state index contributed by atoms with van der Waals surface area (Å²) in [6, 6.07) is 15.0. The van der Waals surface area contributed by atoms with Crippen molar-refractivity contribution in [3.63, 3.8) is 0 Å². The highest BCUT2D eigenvalue weighted by molar-refractivity contribution is 5.78. The van der Waals surface area contributed by atoms with Crippen LogP contribution < -0.4 is 0 Å². The van der Waals surface area contributed by atoms with Gasteiger partial charge in [-0.25, -0.2) is 0 Å². The molecule has 1 aliphatic rings. The van der Waals surface area contributed by atoms with Gasteiger partial charge in [0.1, 0.15) is 5.60 Å². The molecule has 0 aliphatic heterocycles. The third-order valence-electron chi connectivity index (χ3n) is 5.27. The summed E-state index contributed by atoms with van der Waals surface area (Å²) in [5.41, 5.74) is 5.26. The summed E-state index contributed by atoms with van der Waals surface area (Å²) in [6.07, 6.45) is 1.71. The Morgan fingerprint density at radius 3 is 2.38 bits per heavy atom. The molecule has 2 aromatic rings. The van der Waals surface area contributed by atoms with E-state index in [0.29, 0.717) is 0 Å². The predicted octanol–water partition coefficient (Wildman–Crippen LogP) is 5.47. The molecule has 24 heavy (non-hydrogen) atoms. The molecular weight excluding hydrogens is 296 g/mol. The Morgan fingerprint density at radius 1 is 1.00 bits per heavy atom. The number of fused-ring (bicyclic) bond motifs is 3. The fraction of sp³-hybridized carbons (Fsp3) is 0.409. The van der Waals surface area contributed by atoms with Gasteiger partial charge < -0.3 is 4.74 Å². The minimum atomic E-state index is -0.632. The van der Waals surface area contributed by atoms with Gasteiger partial charge in [-0.05, 0) is 68.4 Å². The summed E-state index contributed by atoms with van der Waals surface area (Å²) >= 11 is 0. The average molecular weight is 322 g/mol. The summed E-state index contributed by atoms with van der Waals surface area (Å²) in [5, 5.41) is 0. The van der Waals surface area contributed by atoms with Crippen molar-refractivity contribution in [2.75, 3.05) is 0 Å². The molecule has 0 saturated heterocycles. The molecule has 0 radical (unpaired) electrons. The molecule has 0 bridgehead atoms. The maximum absolute atomic E-state index is 12.5. The van der Waals surface area contributed by atoms with Gasteiger partial charge in [0.15, 0.2) is 0 Å². The first kappa shape index (κ1) is 16.8. The van der Waals surface area contributed by atoms with E-state index in [1.807, 2.05) is 34.6 Å². The molecule has 2 nitrogen and oxygen atoms in total. The Bertz CT molecular complexity index is 784. The van der Waals surface area contributed by atoms with Crippen LogP contribution in [0.15, 0.2) is 42.5 Å². The molecule has 0 atom stereocenters. The van der Waals surface area contributed by atoms with Crippen LogP contribution in [0.4, 0.5) is 0 Å². The van der Waals surface area contributed by atoms with E-state index in [0.717, 1.165) is 18.4 Å². The van der Waals surface area contributed by atoms with Crippen LogP contribution in [0.2, 0.25) is 0 Å². The van der Waals surface area contributed by atoms with Crippen molar-refractivity contribution in [1.29, 1.82) is 0 Å². The smallest absolute Gasteiger partial charge is 0.312 e. The lowest BCUT2D eigenvalue weighted by molar-refractivity contribution is -0.168. The van der Waals surface area contributed by atoms with Crippen LogP contribution in [0.3, 0.4) is 0 Å². The van der Waals surface area contributed by atoms with E-state index in [9.17, 15) is 4.79 Å². The standard InChI is InChI=1S/C22H26O2/c1-6-21(2,3)20(23)24-22(4,5)17-11-12-19-16(14-17)13-15-9-7-8-10-18(15)19/h7-12,14H,6,13H2,1-5H3. The first-order valence-corrected chi connectivity index (χ1v) is 8.70. The Labute approximate surface area is 144 Å². The maximum atomic E-state index is 12.5. The van der Waals surface area contributed by atoms with Crippen LogP contribution in [0.1, 0.15) is 57.7 Å². The summed E-state index contributed by atoms with van der Waals surface area (Å²) < 4.78 is 5.88. The van der Waals surface area contributed by atoms with Crippen LogP contribution >= 0.6 is 0 Å². The first-order chi connectivity index (χ1) is 11.2. The second-order valence-corrected chi connectivity index (χ2v) is 7.84. The van der Waals surface area contributed by atoms with Crippen molar-refractivity contribution in [3.05, 3.63) is 59.2 Å². The van der Waals surface area contributed by atoms with Gasteiger partial charge in [-0.15, -0.1) is 0 Å². The molecule has 126 valence electrons. The topological polar surface area (TPSA) is 26.3 Å². The van der Waals surface area contributed by atoms with Gasteiger partial charge in [0.25, 0.3) is 0 Å². The van der Waals surface area contributed by atoms with Gasteiger partial charge >= 0.3 is 5.97 Å². The molecule has 0 amide bonds. The minimum absolute atomic E-state index is 0.140. The first-order valence-electron chi connectivity index (χ1n) is 8.70. The largest absolute Gasteiger partial charge is 0.454 e. The molecule has 0 unspecified atom stereocenters.